The third kappa shape index (κ3) is 5.60. The van der Waals surface area contributed by atoms with Crippen molar-refractivity contribution >= 4 is 22.5 Å². The second-order valence-electron chi connectivity index (χ2n) is 9.37. The Labute approximate surface area is 215 Å². The normalized spacial score (nSPS) is 14.5. The molecule has 188 valence electrons. The largest absolute Gasteiger partial charge is 0.494 e. The molecule has 0 spiro atoms. The first kappa shape index (κ1) is 24.5. The van der Waals surface area contributed by atoms with Gasteiger partial charge in [-0.25, -0.2) is 4.68 Å². The smallest absolute Gasteiger partial charge is 0.252 e. The Morgan fingerprint density at radius 1 is 1.06 bits per heavy atom. The van der Waals surface area contributed by atoms with E-state index in [-0.39, 0.29) is 5.56 Å². The van der Waals surface area contributed by atoms with Gasteiger partial charge >= 0.3 is 0 Å². The standard InChI is InChI=1S/C27H31ClN6O2/c1-2-36-23-12-13-25-20(15-23)14-21(27(35)29-25)17-33(16-19-8-6-7-11-24(19)28)18-26-30-31-32-34(26)22-9-4-3-5-10-22/h6-8,11-15,22H,2-5,9-10,16-18H2,1H3,(H,29,35). The van der Waals surface area contributed by atoms with Gasteiger partial charge in [-0.1, -0.05) is 49.1 Å². The van der Waals surface area contributed by atoms with Crippen molar-refractivity contribution in [1.29, 1.82) is 0 Å². The van der Waals surface area contributed by atoms with Crippen LogP contribution < -0.4 is 10.3 Å². The summed E-state index contributed by atoms with van der Waals surface area (Å²) < 4.78 is 7.64. The molecule has 2 heterocycles. The maximum atomic E-state index is 13.0. The summed E-state index contributed by atoms with van der Waals surface area (Å²) in [7, 11) is 0. The monoisotopic (exact) mass is 506 g/mol. The SMILES string of the molecule is CCOc1ccc2[nH]c(=O)c(CN(Cc3ccccc3Cl)Cc3nnnn3C3CCCCC3)cc2c1. The fraction of sp³-hybridized carbons (Fsp3) is 0.407. The first-order chi connectivity index (χ1) is 17.6. The van der Waals surface area contributed by atoms with Crippen LogP contribution in [0.25, 0.3) is 10.9 Å². The number of fused-ring (bicyclic) bond motifs is 1. The summed E-state index contributed by atoms with van der Waals surface area (Å²) >= 11 is 6.51. The lowest BCUT2D eigenvalue weighted by Gasteiger charge is -2.25. The first-order valence-corrected chi connectivity index (χ1v) is 13.0. The van der Waals surface area contributed by atoms with Crippen molar-refractivity contribution in [2.75, 3.05) is 6.61 Å². The van der Waals surface area contributed by atoms with Crippen LogP contribution in [0.2, 0.25) is 5.02 Å². The molecule has 0 unspecified atom stereocenters. The average molecular weight is 507 g/mol. The molecule has 4 aromatic rings. The van der Waals surface area contributed by atoms with Crippen LogP contribution >= 0.6 is 11.6 Å². The van der Waals surface area contributed by atoms with Crippen molar-refractivity contribution in [2.45, 2.75) is 64.7 Å². The number of benzene rings is 2. The number of H-pyrrole nitrogens is 1. The summed E-state index contributed by atoms with van der Waals surface area (Å²) in [4.78, 5) is 18.2. The molecule has 2 aromatic heterocycles. The predicted octanol–water partition coefficient (Wildman–Crippen LogP) is 5.27. The van der Waals surface area contributed by atoms with E-state index >= 15 is 0 Å². The average Bonchev–Trinajstić information content (AvgIpc) is 3.35. The Morgan fingerprint density at radius 3 is 2.67 bits per heavy atom. The van der Waals surface area contributed by atoms with Crippen LogP contribution in [0.4, 0.5) is 0 Å². The zero-order valence-electron chi connectivity index (χ0n) is 20.5. The minimum Gasteiger partial charge on any atom is -0.494 e. The highest BCUT2D eigenvalue weighted by Gasteiger charge is 2.22. The predicted molar refractivity (Wildman–Crippen MR) is 140 cm³/mol. The summed E-state index contributed by atoms with van der Waals surface area (Å²) in [5.74, 6) is 1.59. The number of nitrogens with one attached hydrogen (secondary N) is 1. The molecule has 0 aliphatic heterocycles. The van der Waals surface area contributed by atoms with Crippen molar-refractivity contribution in [3.63, 3.8) is 0 Å². The van der Waals surface area contributed by atoms with E-state index in [9.17, 15) is 4.79 Å². The van der Waals surface area contributed by atoms with Crippen molar-refractivity contribution in [1.82, 2.24) is 30.1 Å². The van der Waals surface area contributed by atoms with Crippen molar-refractivity contribution in [2.24, 2.45) is 0 Å². The Bertz CT molecular complexity index is 1380. The Kier molecular flexibility index (Phi) is 7.63. The summed E-state index contributed by atoms with van der Waals surface area (Å²) in [5.41, 5.74) is 2.33. The Morgan fingerprint density at radius 2 is 1.86 bits per heavy atom. The molecule has 8 nitrogen and oxygen atoms in total. The van der Waals surface area contributed by atoms with E-state index in [1.54, 1.807) is 0 Å². The number of pyridine rings is 1. The van der Waals surface area contributed by atoms with Gasteiger partial charge in [0.05, 0.1) is 19.2 Å². The van der Waals surface area contributed by atoms with Crippen LogP contribution in [0.3, 0.4) is 0 Å². The summed E-state index contributed by atoms with van der Waals surface area (Å²) in [5, 5.41) is 14.3. The molecular formula is C27H31ClN6O2. The maximum absolute atomic E-state index is 13.0. The van der Waals surface area contributed by atoms with Gasteiger partial charge in [-0.05, 0) is 66.1 Å². The van der Waals surface area contributed by atoms with Crippen LogP contribution in [-0.2, 0) is 19.6 Å². The molecule has 2 aromatic carbocycles. The van der Waals surface area contributed by atoms with Crippen LogP contribution in [0, 0.1) is 0 Å². The van der Waals surface area contributed by atoms with Gasteiger partial charge in [0.2, 0.25) is 0 Å². The third-order valence-electron chi connectivity index (χ3n) is 6.80. The lowest BCUT2D eigenvalue weighted by Crippen LogP contribution is -2.29. The zero-order valence-corrected chi connectivity index (χ0v) is 21.2. The molecule has 0 atom stereocenters. The number of aromatic nitrogens is 5. The van der Waals surface area contributed by atoms with E-state index in [1.165, 1.54) is 19.3 Å². The second-order valence-corrected chi connectivity index (χ2v) is 9.78. The molecule has 5 rings (SSSR count). The molecule has 9 heteroatoms. The third-order valence-corrected chi connectivity index (χ3v) is 7.16. The van der Waals surface area contributed by atoms with E-state index in [4.69, 9.17) is 16.3 Å². The topological polar surface area (TPSA) is 88.9 Å². The van der Waals surface area contributed by atoms with E-state index in [0.29, 0.717) is 42.9 Å². The Balaban J connectivity index is 1.46. The van der Waals surface area contributed by atoms with Crippen LogP contribution in [-0.4, -0.2) is 36.7 Å². The molecule has 0 bridgehead atoms. The lowest BCUT2D eigenvalue weighted by atomic mass is 9.95. The van der Waals surface area contributed by atoms with E-state index in [1.807, 2.05) is 60.1 Å². The van der Waals surface area contributed by atoms with Gasteiger partial charge in [-0.2, -0.15) is 0 Å². The number of hydrogen-bond acceptors (Lipinski definition) is 6. The quantitative estimate of drug-likeness (QED) is 0.332. The highest BCUT2D eigenvalue weighted by atomic mass is 35.5. The van der Waals surface area contributed by atoms with Crippen molar-refractivity contribution < 1.29 is 4.74 Å². The van der Waals surface area contributed by atoms with Crippen LogP contribution in [0.15, 0.2) is 53.3 Å². The van der Waals surface area contributed by atoms with Gasteiger partial charge in [0.15, 0.2) is 5.82 Å². The Hall–Kier alpha value is -3.23. The number of halogens is 1. The number of rotatable bonds is 9. The second kappa shape index (κ2) is 11.2. The molecule has 0 saturated heterocycles. The minimum absolute atomic E-state index is 0.109. The highest BCUT2D eigenvalue weighted by Crippen LogP contribution is 2.28. The number of tetrazole rings is 1. The molecule has 1 fully saturated rings. The van der Waals surface area contributed by atoms with Gasteiger partial charge in [0.25, 0.3) is 5.56 Å². The zero-order chi connectivity index (χ0) is 24.9. The molecule has 1 aliphatic rings. The van der Waals surface area contributed by atoms with Crippen molar-refractivity contribution in [3.05, 3.63) is 80.9 Å². The van der Waals surface area contributed by atoms with E-state index in [0.717, 1.165) is 40.9 Å². The van der Waals surface area contributed by atoms with Gasteiger partial charge in [-0.3, -0.25) is 9.69 Å². The molecule has 1 N–H and O–H groups in total. The van der Waals surface area contributed by atoms with Gasteiger partial charge in [0.1, 0.15) is 5.75 Å². The van der Waals surface area contributed by atoms with E-state index in [2.05, 4.69) is 25.4 Å². The molecule has 36 heavy (non-hydrogen) atoms. The van der Waals surface area contributed by atoms with Crippen LogP contribution in [0.5, 0.6) is 5.75 Å². The summed E-state index contributed by atoms with van der Waals surface area (Å²) in [6, 6.07) is 15.8. The van der Waals surface area contributed by atoms with Gasteiger partial charge in [-0.15, -0.1) is 5.10 Å². The minimum atomic E-state index is -0.109. The molecular weight excluding hydrogens is 476 g/mol. The molecule has 1 aliphatic carbocycles. The fourth-order valence-corrected chi connectivity index (χ4v) is 5.20. The molecule has 1 saturated carbocycles. The number of aromatic amines is 1. The summed E-state index contributed by atoms with van der Waals surface area (Å²) in [6.45, 7) is 4.03. The van der Waals surface area contributed by atoms with Crippen LogP contribution in [0.1, 0.15) is 62.0 Å². The van der Waals surface area contributed by atoms with Gasteiger partial charge in [0, 0.05) is 34.6 Å². The summed E-state index contributed by atoms with van der Waals surface area (Å²) in [6.07, 6.45) is 5.85. The fourth-order valence-electron chi connectivity index (χ4n) is 5.01. The maximum Gasteiger partial charge on any atom is 0.252 e. The van der Waals surface area contributed by atoms with E-state index < -0.39 is 0 Å². The molecule has 0 radical (unpaired) electrons. The number of hydrogen-bond donors (Lipinski definition) is 1. The lowest BCUT2D eigenvalue weighted by molar-refractivity contribution is 0.225. The number of ether oxygens (including phenoxy) is 1. The van der Waals surface area contributed by atoms with Gasteiger partial charge < -0.3 is 9.72 Å². The van der Waals surface area contributed by atoms with Crippen molar-refractivity contribution in [3.8, 4) is 5.75 Å². The molecule has 0 amide bonds. The first-order valence-electron chi connectivity index (χ1n) is 12.6. The number of nitrogens with zero attached hydrogens (tertiary/aromatic N) is 5. The highest BCUT2D eigenvalue weighted by molar-refractivity contribution is 6.31.